The molecule has 25 heavy (non-hydrogen) atoms. The first-order valence-electron chi connectivity index (χ1n) is 7.81. The Morgan fingerprint density at radius 3 is 2.92 bits per heavy atom. The van der Waals surface area contributed by atoms with Gasteiger partial charge in [0.25, 0.3) is 5.91 Å². The Morgan fingerprint density at radius 2 is 2.04 bits per heavy atom. The zero-order chi connectivity index (χ0) is 17.2. The second-order valence-corrected chi connectivity index (χ2v) is 5.63. The van der Waals surface area contributed by atoms with Crippen molar-refractivity contribution in [3.63, 3.8) is 0 Å². The molecular weight excluding hydrogens is 316 g/mol. The summed E-state index contributed by atoms with van der Waals surface area (Å²) in [4.78, 5) is 15.6. The number of aromatic nitrogens is 3. The van der Waals surface area contributed by atoms with Crippen molar-refractivity contribution >= 4 is 22.5 Å². The number of hydrogen-bond donors (Lipinski definition) is 3. The first-order valence-corrected chi connectivity index (χ1v) is 7.81. The standard InChI is InChI=1S/C19H16N4O2/c1-25-15-4-2-3-13(9-15)17-11-18(23-22-17)19(24)21-14-6-5-12-7-8-20-16(12)10-14/h2-11,20H,1H3,(H,21,24)(H,22,23). The van der Waals surface area contributed by atoms with E-state index in [-0.39, 0.29) is 5.91 Å². The summed E-state index contributed by atoms with van der Waals surface area (Å²) in [5.74, 6) is 0.498. The first-order chi connectivity index (χ1) is 12.2. The number of ether oxygens (including phenoxy) is 1. The Labute approximate surface area is 143 Å². The van der Waals surface area contributed by atoms with Crippen LogP contribution >= 0.6 is 0 Å². The van der Waals surface area contributed by atoms with Gasteiger partial charge >= 0.3 is 0 Å². The van der Waals surface area contributed by atoms with Gasteiger partial charge < -0.3 is 15.0 Å². The minimum absolute atomic E-state index is 0.243. The van der Waals surface area contributed by atoms with Crippen LogP contribution < -0.4 is 10.1 Å². The number of anilines is 1. The SMILES string of the molecule is COc1cccc(-c2cc(C(=O)Nc3ccc4cc[nH]c4c3)[nH]n2)c1. The molecule has 124 valence electrons. The predicted molar refractivity (Wildman–Crippen MR) is 96.8 cm³/mol. The van der Waals surface area contributed by atoms with Gasteiger partial charge in [0.05, 0.1) is 12.8 Å². The monoisotopic (exact) mass is 332 g/mol. The molecule has 0 spiro atoms. The van der Waals surface area contributed by atoms with Crippen molar-refractivity contribution in [1.29, 1.82) is 0 Å². The summed E-state index contributed by atoms with van der Waals surface area (Å²) < 4.78 is 5.22. The van der Waals surface area contributed by atoms with E-state index in [9.17, 15) is 4.79 Å². The number of amides is 1. The molecule has 0 radical (unpaired) electrons. The van der Waals surface area contributed by atoms with Gasteiger partial charge in [-0.25, -0.2) is 0 Å². The molecule has 0 fully saturated rings. The molecule has 4 rings (SSSR count). The smallest absolute Gasteiger partial charge is 0.273 e. The van der Waals surface area contributed by atoms with Crippen LogP contribution in [0, 0.1) is 0 Å². The number of rotatable bonds is 4. The van der Waals surface area contributed by atoms with Crippen LogP contribution in [0.25, 0.3) is 22.2 Å². The molecule has 3 N–H and O–H groups in total. The van der Waals surface area contributed by atoms with E-state index >= 15 is 0 Å². The summed E-state index contributed by atoms with van der Waals surface area (Å²) in [6, 6.07) is 17.0. The summed E-state index contributed by atoms with van der Waals surface area (Å²) in [6.45, 7) is 0. The van der Waals surface area contributed by atoms with Gasteiger partial charge in [0.15, 0.2) is 0 Å². The Bertz CT molecular complexity index is 1050. The number of hydrogen-bond acceptors (Lipinski definition) is 3. The van der Waals surface area contributed by atoms with Crippen LogP contribution in [-0.2, 0) is 0 Å². The highest BCUT2D eigenvalue weighted by atomic mass is 16.5. The van der Waals surface area contributed by atoms with E-state index in [1.807, 2.05) is 54.7 Å². The van der Waals surface area contributed by atoms with Gasteiger partial charge in [0.2, 0.25) is 0 Å². The zero-order valence-corrected chi connectivity index (χ0v) is 13.5. The van der Waals surface area contributed by atoms with Gasteiger partial charge in [-0.15, -0.1) is 0 Å². The lowest BCUT2D eigenvalue weighted by Gasteiger charge is -2.03. The van der Waals surface area contributed by atoms with E-state index in [0.717, 1.165) is 27.9 Å². The maximum Gasteiger partial charge on any atom is 0.273 e. The molecule has 6 nitrogen and oxygen atoms in total. The minimum atomic E-state index is -0.243. The average Bonchev–Trinajstić information content (AvgIpc) is 3.31. The summed E-state index contributed by atoms with van der Waals surface area (Å²) in [6.07, 6.45) is 1.87. The van der Waals surface area contributed by atoms with Crippen molar-refractivity contribution in [2.75, 3.05) is 12.4 Å². The second-order valence-electron chi connectivity index (χ2n) is 5.63. The lowest BCUT2D eigenvalue weighted by molar-refractivity contribution is 0.102. The highest BCUT2D eigenvalue weighted by molar-refractivity contribution is 6.04. The Morgan fingerprint density at radius 1 is 1.12 bits per heavy atom. The largest absolute Gasteiger partial charge is 0.497 e. The van der Waals surface area contributed by atoms with E-state index in [4.69, 9.17) is 4.74 Å². The number of benzene rings is 2. The molecule has 0 saturated carbocycles. The molecule has 0 aliphatic rings. The highest BCUT2D eigenvalue weighted by Gasteiger charge is 2.12. The molecule has 2 heterocycles. The number of aromatic amines is 2. The lowest BCUT2D eigenvalue weighted by atomic mass is 10.1. The van der Waals surface area contributed by atoms with E-state index < -0.39 is 0 Å². The summed E-state index contributed by atoms with van der Waals surface area (Å²) in [7, 11) is 1.61. The number of H-pyrrole nitrogens is 2. The molecule has 0 saturated heterocycles. The molecular formula is C19H16N4O2. The van der Waals surface area contributed by atoms with Crippen LogP contribution in [0.2, 0.25) is 0 Å². The van der Waals surface area contributed by atoms with Gasteiger partial charge in [-0.05, 0) is 41.8 Å². The quantitative estimate of drug-likeness (QED) is 0.531. The van der Waals surface area contributed by atoms with Gasteiger partial charge in [-0.3, -0.25) is 9.89 Å². The van der Waals surface area contributed by atoms with Crippen LogP contribution in [0.1, 0.15) is 10.5 Å². The van der Waals surface area contributed by atoms with Gasteiger partial charge in [-0.1, -0.05) is 18.2 Å². The van der Waals surface area contributed by atoms with Crippen LogP contribution in [0.15, 0.2) is 60.8 Å². The minimum Gasteiger partial charge on any atom is -0.497 e. The van der Waals surface area contributed by atoms with Crippen LogP contribution in [0.4, 0.5) is 5.69 Å². The molecule has 0 unspecified atom stereocenters. The normalized spacial score (nSPS) is 10.8. The van der Waals surface area contributed by atoms with Crippen LogP contribution in [0.3, 0.4) is 0 Å². The molecule has 2 aromatic heterocycles. The number of carbonyl (C=O) groups excluding carboxylic acids is 1. The Kier molecular flexibility index (Phi) is 3.70. The summed E-state index contributed by atoms with van der Waals surface area (Å²) in [5.41, 5.74) is 3.65. The Balaban J connectivity index is 1.55. The topological polar surface area (TPSA) is 82.8 Å². The van der Waals surface area contributed by atoms with Crippen molar-refractivity contribution in [3.8, 4) is 17.0 Å². The van der Waals surface area contributed by atoms with Crippen molar-refractivity contribution in [2.45, 2.75) is 0 Å². The number of methoxy groups -OCH3 is 1. The molecule has 6 heteroatoms. The molecule has 4 aromatic rings. The van der Waals surface area contributed by atoms with E-state index in [0.29, 0.717) is 11.4 Å². The van der Waals surface area contributed by atoms with Crippen molar-refractivity contribution in [2.24, 2.45) is 0 Å². The third-order valence-electron chi connectivity index (χ3n) is 4.00. The average molecular weight is 332 g/mol. The molecule has 0 bridgehead atoms. The van der Waals surface area contributed by atoms with Crippen LogP contribution in [-0.4, -0.2) is 28.2 Å². The van der Waals surface area contributed by atoms with Gasteiger partial charge in [0.1, 0.15) is 11.4 Å². The fraction of sp³-hybridized carbons (Fsp3) is 0.0526. The molecule has 0 aliphatic heterocycles. The first kappa shape index (κ1) is 15.0. The predicted octanol–water partition coefficient (Wildman–Crippen LogP) is 3.82. The fourth-order valence-corrected chi connectivity index (χ4v) is 2.69. The van der Waals surface area contributed by atoms with E-state index in [2.05, 4.69) is 20.5 Å². The number of nitrogens with zero attached hydrogens (tertiary/aromatic N) is 1. The summed E-state index contributed by atoms with van der Waals surface area (Å²) >= 11 is 0. The number of carbonyl (C=O) groups is 1. The number of nitrogens with one attached hydrogen (secondary N) is 3. The zero-order valence-electron chi connectivity index (χ0n) is 13.5. The van der Waals surface area contributed by atoms with Gasteiger partial charge in [0, 0.05) is 23.0 Å². The van der Waals surface area contributed by atoms with E-state index in [1.165, 1.54) is 0 Å². The van der Waals surface area contributed by atoms with E-state index in [1.54, 1.807) is 13.2 Å². The summed E-state index contributed by atoms with van der Waals surface area (Å²) in [5, 5.41) is 11.0. The van der Waals surface area contributed by atoms with Gasteiger partial charge in [-0.2, -0.15) is 5.10 Å². The second kappa shape index (κ2) is 6.16. The van der Waals surface area contributed by atoms with Crippen molar-refractivity contribution in [3.05, 3.63) is 66.5 Å². The molecule has 2 aromatic carbocycles. The lowest BCUT2D eigenvalue weighted by Crippen LogP contribution is -2.12. The third-order valence-corrected chi connectivity index (χ3v) is 4.00. The van der Waals surface area contributed by atoms with Crippen molar-refractivity contribution < 1.29 is 9.53 Å². The maximum absolute atomic E-state index is 12.4. The molecule has 0 aliphatic carbocycles. The third kappa shape index (κ3) is 2.97. The number of fused-ring (bicyclic) bond motifs is 1. The molecule has 1 amide bonds. The fourth-order valence-electron chi connectivity index (χ4n) is 2.69. The highest BCUT2D eigenvalue weighted by Crippen LogP contribution is 2.23. The molecule has 0 atom stereocenters. The maximum atomic E-state index is 12.4. The Hall–Kier alpha value is -3.54. The van der Waals surface area contributed by atoms with Crippen molar-refractivity contribution in [1.82, 2.24) is 15.2 Å². The van der Waals surface area contributed by atoms with Crippen LogP contribution in [0.5, 0.6) is 5.75 Å².